The normalized spacial score (nSPS) is 26.4. The van der Waals surface area contributed by atoms with Crippen LogP contribution >= 0.6 is 0 Å². The van der Waals surface area contributed by atoms with Crippen molar-refractivity contribution in [2.45, 2.75) is 44.7 Å². The average molecular weight is 286 g/mol. The SMILES string of the molecule is CNC1(C(=O)OC)CCC(N(CCOC)CC(C)C)C1. The van der Waals surface area contributed by atoms with Crippen molar-refractivity contribution in [1.82, 2.24) is 10.2 Å². The fourth-order valence-electron chi connectivity index (χ4n) is 3.14. The molecule has 5 nitrogen and oxygen atoms in total. The Bertz CT molecular complexity index is 309. The maximum atomic E-state index is 12.0. The van der Waals surface area contributed by atoms with Crippen molar-refractivity contribution in [2.75, 3.05) is 41.0 Å². The third-order valence-corrected chi connectivity index (χ3v) is 4.24. The summed E-state index contributed by atoms with van der Waals surface area (Å²) in [6, 6.07) is 0.416. The average Bonchev–Trinajstić information content (AvgIpc) is 2.87. The molecule has 118 valence electrons. The van der Waals surface area contributed by atoms with E-state index in [9.17, 15) is 4.79 Å². The Balaban J connectivity index is 2.72. The number of hydrogen-bond donors (Lipinski definition) is 1. The standard InChI is InChI=1S/C15H30N2O3/c1-12(2)11-17(8-9-19-4)13-6-7-15(10-13,16-3)14(18)20-5/h12-13,16H,6-11H2,1-5H3. The summed E-state index contributed by atoms with van der Waals surface area (Å²) in [5.74, 6) is 0.466. The molecule has 0 radical (unpaired) electrons. The first-order valence-corrected chi connectivity index (χ1v) is 7.49. The molecule has 0 aromatic carbocycles. The Morgan fingerprint density at radius 2 is 2.15 bits per heavy atom. The second kappa shape index (κ2) is 7.96. The van der Waals surface area contributed by atoms with Crippen LogP contribution in [0.15, 0.2) is 0 Å². The van der Waals surface area contributed by atoms with Gasteiger partial charge in [-0.25, -0.2) is 0 Å². The van der Waals surface area contributed by atoms with Gasteiger partial charge >= 0.3 is 5.97 Å². The smallest absolute Gasteiger partial charge is 0.326 e. The maximum absolute atomic E-state index is 12.0. The van der Waals surface area contributed by atoms with Crippen LogP contribution in [0.4, 0.5) is 0 Å². The molecule has 0 aliphatic heterocycles. The number of methoxy groups -OCH3 is 2. The van der Waals surface area contributed by atoms with Crippen molar-refractivity contribution < 1.29 is 14.3 Å². The first-order valence-electron chi connectivity index (χ1n) is 7.49. The van der Waals surface area contributed by atoms with Crippen LogP contribution in [0.1, 0.15) is 33.1 Å². The minimum Gasteiger partial charge on any atom is -0.468 e. The fraction of sp³-hybridized carbons (Fsp3) is 0.933. The van der Waals surface area contributed by atoms with Crippen molar-refractivity contribution in [3.8, 4) is 0 Å². The van der Waals surface area contributed by atoms with Gasteiger partial charge in [-0.2, -0.15) is 0 Å². The van der Waals surface area contributed by atoms with Gasteiger partial charge in [-0.1, -0.05) is 13.8 Å². The van der Waals surface area contributed by atoms with E-state index in [4.69, 9.17) is 9.47 Å². The number of carbonyl (C=O) groups is 1. The zero-order chi connectivity index (χ0) is 15.2. The second-order valence-electron chi connectivity index (χ2n) is 6.10. The quantitative estimate of drug-likeness (QED) is 0.681. The highest BCUT2D eigenvalue weighted by Crippen LogP contribution is 2.34. The van der Waals surface area contributed by atoms with Crippen LogP contribution in [0.25, 0.3) is 0 Å². The van der Waals surface area contributed by atoms with Crippen molar-refractivity contribution in [3.63, 3.8) is 0 Å². The van der Waals surface area contributed by atoms with E-state index >= 15 is 0 Å². The number of likely N-dealkylation sites (N-methyl/N-ethyl adjacent to an activating group) is 1. The lowest BCUT2D eigenvalue weighted by atomic mass is 9.97. The summed E-state index contributed by atoms with van der Waals surface area (Å²) in [4.78, 5) is 14.5. The highest BCUT2D eigenvalue weighted by atomic mass is 16.5. The number of carbonyl (C=O) groups excluding carboxylic acids is 1. The molecule has 1 N–H and O–H groups in total. The van der Waals surface area contributed by atoms with E-state index in [1.165, 1.54) is 7.11 Å². The number of rotatable bonds is 8. The number of ether oxygens (including phenoxy) is 2. The molecular weight excluding hydrogens is 256 g/mol. The van der Waals surface area contributed by atoms with E-state index in [-0.39, 0.29) is 5.97 Å². The summed E-state index contributed by atoms with van der Waals surface area (Å²) in [7, 11) is 5.04. The van der Waals surface area contributed by atoms with Gasteiger partial charge in [-0.05, 0) is 32.2 Å². The predicted octanol–water partition coefficient (Wildman–Crippen LogP) is 1.27. The van der Waals surface area contributed by atoms with E-state index < -0.39 is 5.54 Å². The van der Waals surface area contributed by atoms with Gasteiger partial charge in [0.05, 0.1) is 13.7 Å². The number of esters is 1. The lowest BCUT2D eigenvalue weighted by Crippen LogP contribution is -2.50. The van der Waals surface area contributed by atoms with Crippen LogP contribution < -0.4 is 5.32 Å². The van der Waals surface area contributed by atoms with Gasteiger partial charge in [0.2, 0.25) is 0 Å². The molecule has 0 spiro atoms. The van der Waals surface area contributed by atoms with Crippen molar-refractivity contribution in [2.24, 2.45) is 5.92 Å². The molecule has 1 rings (SSSR count). The van der Waals surface area contributed by atoms with Crippen molar-refractivity contribution in [1.29, 1.82) is 0 Å². The van der Waals surface area contributed by atoms with Gasteiger partial charge in [0.15, 0.2) is 0 Å². The molecule has 1 aliphatic rings. The summed E-state index contributed by atoms with van der Waals surface area (Å²) >= 11 is 0. The third-order valence-electron chi connectivity index (χ3n) is 4.24. The highest BCUT2D eigenvalue weighted by molar-refractivity contribution is 5.81. The largest absolute Gasteiger partial charge is 0.468 e. The van der Waals surface area contributed by atoms with Gasteiger partial charge in [0.25, 0.3) is 0 Å². The first-order chi connectivity index (χ1) is 9.49. The fourth-order valence-corrected chi connectivity index (χ4v) is 3.14. The molecule has 0 aromatic rings. The molecule has 2 unspecified atom stereocenters. The van der Waals surface area contributed by atoms with Crippen LogP contribution in [0, 0.1) is 5.92 Å². The topological polar surface area (TPSA) is 50.8 Å². The van der Waals surface area contributed by atoms with Crippen LogP contribution in [0.5, 0.6) is 0 Å². The first kappa shape index (κ1) is 17.4. The third kappa shape index (κ3) is 4.17. The Kier molecular flexibility index (Phi) is 6.92. The van der Waals surface area contributed by atoms with E-state index in [1.807, 2.05) is 7.05 Å². The number of nitrogens with one attached hydrogen (secondary N) is 1. The Labute approximate surface area is 123 Å². The van der Waals surface area contributed by atoms with E-state index in [1.54, 1.807) is 7.11 Å². The van der Waals surface area contributed by atoms with Gasteiger partial charge in [0, 0.05) is 26.2 Å². The summed E-state index contributed by atoms with van der Waals surface area (Å²) < 4.78 is 10.2. The van der Waals surface area contributed by atoms with Crippen molar-refractivity contribution >= 4 is 5.97 Å². The van der Waals surface area contributed by atoms with Gasteiger partial charge < -0.3 is 14.8 Å². The Morgan fingerprint density at radius 3 is 2.65 bits per heavy atom. The van der Waals surface area contributed by atoms with E-state index in [2.05, 4.69) is 24.1 Å². The molecule has 0 saturated heterocycles. The summed E-state index contributed by atoms with van der Waals surface area (Å²) in [5.41, 5.74) is -0.512. The molecule has 1 saturated carbocycles. The molecule has 1 aliphatic carbocycles. The van der Waals surface area contributed by atoms with Crippen LogP contribution in [-0.4, -0.2) is 63.4 Å². The lowest BCUT2D eigenvalue weighted by molar-refractivity contribution is -0.148. The molecule has 0 heterocycles. The predicted molar refractivity (Wildman–Crippen MR) is 79.7 cm³/mol. The lowest BCUT2D eigenvalue weighted by Gasteiger charge is -2.32. The molecular formula is C15H30N2O3. The summed E-state index contributed by atoms with van der Waals surface area (Å²) in [6.45, 7) is 7.13. The molecule has 0 aromatic heterocycles. The van der Waals surface area contributed by atoms with Crippen LogP contribution in [-0.2, 0) is 14.3 Å². The van der Waals surface area contributed by atoms with Gasteiger partial charge in [0.1, 0.15) is 5.54 Å². The number of hydrogen-bond acceptors (Lipinski definition) is 5. The molecule has 0 bridgehead atoms. The minimum atomic E-state index is -0.512. The van der Waals surface area contributed by atoms with Gasteiger partial charge in [-0.15, -0.1) is 0 Å². The minimum absolute atomic E-state index is 0.140. The highest BCUT2D eigenvalue weighted by Gasteiger charge is 2.46. The molecule has 20 heavy (non-hydrogen) atoms. The number of nitrogens with zero attached hydrogens (tertiary/aromatic N) is 1. The summed E-state index contributed by atoms with van der Waals surface area (Å²) in [6.07, 6.45) is 2.67. The Morgan fingerprint density at radius 1 is 1.45 bits per heavy atom. The molecule has 0 amide bonds. The monoisotopic (exact) mass is 286 g/mol. The molecule has 5 heteroatoms. The van der Waals surface area contributed by atoms with E-state index in [0.717, 1.165) is 39.0 Å². The molecule has 2 atom stereocenters. The van der Waals surface area contributed by atoms with Crippen molar-refractivity contribution in [3.05, 3.63) is 0 Å². The maximum Gasteiger partial charge on any atom is 0.326 e. The van der Waals surface area contributed by atoms with Gasteiger partial charge in [-0.3, -0.25) is 9.69 Å². The van der Waals surface area contributed by atoms with Crippen LogP contribution in [0.3, 0.4) is 0 Å². The zero-order valence-corrected chi connectivity index (χ0v) is 13.6. The second-order valence-corrected chi connectivity index (χ2v) is 6.10. The zero-order valence-electron chi connectivity index (χ0n) is 13.6. The Hall–Kier alpha value is -0.650. The van der Waals surface area contributed by atoms with Crippen LogP contribution in [0.2, 0.25) is 0 Å². The molecule has 1 fully saturated rings. The van der Waals surface area contributed by atoms with E-state index in [0.29, 0.717) is 12.0 Å². The summed E-state index contributed by atoms with van der Waals surface area (Å²) in [5, 5.41) is 3.19.